The first-order valence-electron chi connectivity index (χ1n) is 12.5. The summed E-state index contributed by atoms with van der Waals surface area (Å²) >= 11 is 0. The Morgan fingerprint density at radius 3 is 2.41 bits per heavy atom. The first kappa shape index (κ1) is 30.2. The molecule has 2 amide bonds. The van der Waals surface area contributed by atoms with Crippen LogP contribution in [0, 0.1) is 5.82 Å². The van der Waals surface area contributed by atoms with Crippen molar-refractivity contribution in [1.29, 1.82) is 0 Å². The van der Waals surface area contributed by atoms with Crippen molar-refractivity contribution in [3.8, 4) is 0 Å². The Bertz CT molecular complexity index is 959. The van der Waals surface area contributed by atoms with E-state index in [-0.39, 0.29) is 25.0 Å². The van der Waals surface area contributed by atoms with Crippen LogP contribution in [0.25, 0.3) is 0 Å². The molecule has 0 saturated heterocycles. The second kappa shape index (κ2) is 13.5. The number of amidine groups is 1. The molecule has 4 atom stereocenters. The number of benzene rings is 1. The number of aliphatic hydroxyl groups excluding tert-OH is 1. The fourth-order valence-corrected chi connectivity index (χ4v) is 3.93. The highest BCUT2D eigenvalue weighted by molar-refractivity contribution is 6.12. The van der Waals surface area contributed by atoms with Crippen LogP contribution in [0.1, 0.15) is 59.4 Å². The van der Waals surface area contributed by atoms with Gasteiger partial charge in [0.25, 0.3) is 5.91 Å². The molecule has 0 bridgehead atoms. The zero-order valence-corrected chi connectivity index (χ0v) is 22.4. The lowest BCUT2D eigenvalue weighted by molar-refractivity contribution is -0.136. The van der Waals surface area contributed by atoms with Gasteiger partial charge in [0, 0.05) is 20.2 Å². The third kappa shape index (κ3) is 8.78. The summed E-state index contributed by atoms with van der Waals surface area (Å²) in [7, 11) is 1.61. The molecule has 37 heavy (non-hydrogen) atoms. The Kier molecular flexibility index (Phi) is 11.0. The van der Waals surface area contributed by atoms with Crippen LogP contribution < -0.4 is 10.6 Å². The summed E-state index contributed by atoms with van der Waals surface area (Å²) in [5.41, 5.74) is -0.112. The number of halogens is 1. The van der Waals surface area contributed by atoms with Gasteiger partial charge in [0.1, 0.15) is 17.3 Å². The molecular formula is C26H39FN4O6. The number of aliphatic hydroxyl groups is 1. The molecule has 0 aromatic heterocycles. The summed E-state index contributed by atoms with van der Waals surface area (Å²) in [6.45, 7) is 9.34. The van der Waals surface area contributed by atoms with Crippen LogP contribution >= 0.6 is 0 Å². The van der Waals surface area contributed by atoms with Crippen LogP contribution in [0.15, 0.2) is 29.3 Å². The molecule has 0 fully saturated rings. The molecule has 1 aliphatic heterocycles. The Hall–Kier alpha value is -3.05. The molecule has 1 aromatic carbocycles. The van der Waals surface area contributed by atoms with Crippen LogP contribution in [-0.2, 0) is 25.6 Å². The van der Waals surface area contributed by atoms with Crippen LogP contribution in [0.3, 0.4) is 0 Å². The number of carbonyl (C=O) groups is 3. The monoisotopic (exact) mass is 522 g/mol. The molecule has 1 aromatic rings. The van der Waals surface area contributed by atoms with Gasteiger partial charge < -0.3 is 25.2 Å². The highest BCUT2D eigenvalue weighted by Crippen LogP contribution is 2.20. The molecule has 0 spiro atoms. The summed E-state index contributed by atoms with van der Waals surface area (Å²) in [6.07, 6.45) is -0.654. The average Bonchev–Trinajstić information content (AvgIpc) is 2.83. The van der Waals surface area contributed by atoms with Crippen molar-refractivity contribution in [2.75, 3.05) is 13.7 Å². The number of ketones is 1. The van der Waals surface area contributed by atoms with Gasteiger partial charge >= 0.3 is 6.09 Å². The summed E-state index contributed by atoms with van der Waals surface area (Å²) in [5, 5.41) is 15.7. The molecule has 0 aliphatic carbocycles. The quantitative estimate of drug-likeness (QED) is 0.381. The van der Waals surface area contributed by atoms with E-state index in [2.05, 4.69) is 15.6 Å². The van der Waals surface area contributed by atoms with Crippen LogP contribution in [0.4, 0.5) is 9.18 Å². The SMILES string of the molecule is CCC(CCC(C1=NC(C(=O)NCc2ccc(F)cc2)C(=O)C(O)N1)N(CC)C(=O)OC(C)(C)C)OC. The molecule has 1 heterocycles. The summed E-state index contributed by atoms with van der Waals surface area (Å²) in [5.74, 6) is -1.80. The molecule has 3 N–H and O–H groups in total. The van der Waals surface area contributed by atoms with Crippen LogP contribution in [0.2, 0.25) is 0 Å². The van der Waals surface area contributed by atoms with E-state index >= 15 is 0 Å². The van der Waals surface area contributed by atoms with Gasteiger partial charge in [0.05, 0.1) is 12.1 Å². The maximum Gasteiger partial charge on any atom is 0.410 e. The third-order valence-electron chi connectivity index (χ3n) is 5.93. The maximum absolute atomic E-state index is 13.2. The predicted molar refractivity (Wildman–Crippen MR) is 136 cm³/mol. The van der Waals surface area contributed by atoms with Crippen molar-refractivity contribution in [3.05, 3.63) is 35.6 Å². The maximum atomic E-state index is 13.2. The standard InChI is InChI=1S/C26H39FN4O6/c1-7-18(36-6)13-14-19(31(8-2)25(35)37-26(3,4)5)22-29-20(21(32)24(34)30-22)23(33)28-15-16-9-11-17(27)12-10-16/h9-12,18-20,24,34H,7-8,13-15H2,1-6H3,(H,28,33)(H,29,30). The number of hydrogen-bond donors (Lipinski definition) is 3. The Balaban J connectivity index is 2.34. The molecule has 206 valence electrons. The number of amides is 2. The Labute approximate surface area is 217 Å². The van der Waals surface area contributed by atoms with Gasteiger partial charge in [-0.2, -0.15) is 0 Å². The minimum absolute atomic E-state index is 0.0473. The highest BCUT2D eigenvalue weighted by atomic mass is 19.1. The van der Waals surface area contributed by atoms with Crippen molar-refractivity contribution in [3.63, 3.8) is 0 Å². The minimum Gasteiger partial charge on any atom is -0.444 e. The average molecular weight is 523 g/mol. The molecule has 10 nitrogen and oxygen atoms in total. The van der Waals surface area contributed by atoms with Gasteiger partial charge in [-0.3, -0.25) is 14.5 Å². The summed E-state index contributed by atoms with van der Waals surface area (Å²) in [4.78, 5) is 44.4. The topological polar surface area (TPSA) is 130 Å². The Morgan fingerprint density at radius 1 is 1.22 bits per heavy atom. The number of likely N-dealkylation sites (N-methyl/N-ethyl adjacent to an activating group) is 1. The molecule has 11 heteroatoms. The number of nitrogens with zero attached hydrogens (tertiary/aromatic N) is 2. The van der Waals surface area contributed by atoms with E-state index in [0.29, 0.717) is 18.4 Å². The van der Waals surface area contributed by atoms with E-state index in [1.54, 1.807) is 34.8 Å². The Morgan fingerprint density at radius 2 is 1.86 bits per heavy atom. The number of nitrogens with one attached hydrogen (secondary N) is 2. The van der Waals surface area contributed by atoms with E-state index in [4.69, 9.17) is 9.47 Å². The molecule has 0 saturated carbocycles. The van der Waals surface area contributed by atoms with E-state index < -0.39 is 47.5 Å². The lowest BCUT2D eigenvalue weighted by atomic mass is 10.0. The number of carbonyl (C=O) groups excluding carboxylic acids is 3. The third-order valence-corrected chi connectivity index (χ3v) is 5.93. The second-order valence-corrected chi connectivity index (χ2v) is 9.84. The van der Waals surface area contributed by atoms with Gasteiger partial charge in [-0.1, -0.05) is 19.1 Å². The van der Waals surface area contributed by atoms with Crippen LogP contribution in [0.5, 0.6) is 0 Å². The zero-order chi connectivity index (χ0) is 27.8. The first-order valence-corrected chi connectivity index (χ1v) is 12.5. The number of hydrogen-bond acceptors (Lipinski definition) is 8. The van der Waals surface area contributed by atoms with Gasteiger partial charge in [-0.05, 0) is 64.7 Å². The fourth-order valence-electron chi connectivity index (χ4n) is 3.93. The number of rotatable bonds is 11. The highest BCUT2D eigenvalue weighted by Gasteiger charge is 2.40. The van der Waals surface area contributed by atoms with Crippen molar-refractivity contribution in [2.45, 2.75) is 90.4 Å². The zero-order valence-electron chi connectivity index (χ0n) is 22.4. The lowest BCUT2D eigenvalue weighted by Crippen LogP contribution is -2.60. The van der Waals surface area contributed by atoms with Crippen molar-refractivity contribution in [2.24, 2.45) is 4.99 Å². The molecule has 2 rings (SSSR count). The van der Waals surface area contributed by atoms with Crippen molar-refractivity contribution in [1.82, 2.24) is 15.5 Å². The summed E-state index contributed by atoms with van der Waals surface area (Å²) in [6, 6.07) is 3.33. The lowest BCUT2D eigenvalue weighted by Gasteiger charge is -2.36. The minimum atomic E-state index is -1.68. The number of ether oxygens (including phenoxy) is 2. The normalized spacial score (nSPS) is 19.4. The molecule has 0 radical (unpaired) electrons. The van der Waals surface area contributed by atoms with Gasteiger partial charge in [0.15, 0.2) is 12.3 Å². The number of methoxy groups -OCH3 is 1. The first-order chi connectivity index (χ1) is 17.4. The molecule has 4 unspecified atom stereocenters. The van der Waals surface area contributed by atoms with Gasteiger partial charge in [-0.15, -0.1) is 0 Å². The van der Waals surface area contributed by atoms with E-state index in [1.165, 1.54) is 29.2 Å². The smallest absolute Gasteiger partial charge is 0.410 e. The molecule has 1 aliphatic rings. The van der Waals surface area contributed by atoms with E-state index in [0.717, 1.165) is 6.42 Å². The van der Waals surface area contributed by atoms with Crippen molar-refractivity contribution < 1.29 is 33.4 Å². The van der Waals surface area contributed by atoms with E-state index in [1.807, 2.05) is 6.92 Å². The summed E-state index contributed by atoms with van der Waals surface area (Å²) < 4.78 is 24.2. The van der Waals surface area contributed by atoms with Gasteiger partial charge in [-0.25, -0.2) is 14.2 Å². The van der Waals surface area contributed by atoms with Gasteiger partial charge in [0.2, 0.25) is 5.78 Å². The largest absolute Gasteiger partial charge is 0.444 e. The fraction of sp³-hybridized carbons (Fsp3) is 0.615. The number of aliphatic imine (C=N–C) groups is 1. The number of Topliss-reactive ketones (excluding diaryl/α,β-unsaturated/α-hetero) is 1. The predicted octanol–water partition coefficient (Wildman–Crippen LogP) is 2.53. The molecular weight excluding hydrogens is 483 g/mol. The van der Waals surface area contributed by atoms with Crippen molar-refractivity contribution >= 4 is 23.6 Å². The second-order valence-electron chi connectivity index (χ2n) is 9.84. The van der Waals surface area contributed by atoms with E-state index in [9.17, 15) is 23.9 Å². The van der Waals surface area contributed by atoms with Crippen LogP contribution in [-0.4, -0.2) is 77.3 Å².